The molecule has 1 saturated heterocycles. The molecule has 0 unspecified atom stereocenters. The number of nitrogens with zero attached hydrogens (tertiary/aromatic N) is 1. The van der Waals surface area contributed by atoms with Crippen molar-refractivity contribution in [3.8, 4) is 0 Å². The number of hydrogen-bond donors (Lipinski definition) is 0. The van der Waals surface area contributed by atoms with Crippen LogP contribution in [0.2, 0.25) is 0 Å². The molecule has 0 atom stereocenters. The fourth-order valence-electron chi connectivity index (χ4n) is 2.47. The Balaban J connectivity index is 1.49. The van der Waals surface area contributed by atoms with Crippen molar-refractivity contribution in [1.82, 2.24) is 4.90 Å². The second kappa shape index (κ2) is 7.59. The van der Waals surface area contributed by atoms with Gasteiger partial charge < -0.3 is 14.2 Å². The normalized spacial score (nSPS) is 22.0. The van der Waals surface area contributed by atoms with E-state index in [2.05, 4.69) is 4.90 Å². The first-order chi connectivity index (χ1) is 8.84. The van der Waals surface area contributed by atoms with E-state index >= 15 is 0 Å². The zero-order valence-corrected chi connectivity index (χ0v) is 10.9. The first-order valence-corrected chi connectivity index (χ1v) is 6.94. The van der Waals surface area contributed by atoms with Crippen molar-refractivity contribution >= 4 is 6.16 Å². The second-order valence-corrected chi connectivity index (χ2v) is 5.07. The van der Waals surface area contributed by atoms with Crippen LogP contribution in [0, 0.1) is 5.92 Å². The van der Waals surface area contributed by atoms with Gasteiger partial charge in [-0.1, -0.05) is 19.3 Å². The van der Waals surface area contributed by atoms with Crippen molar-refractivity contribution in [2.75, 3.05) is 39.6 Å². The maximum absolute atomic E-state index is 11.4. The molecule has 0 aromatic heterocycles. The van der Waals surface area contributed by atoms with Crippen LogP contribution >= 0.6 is 0 Å². The lowest BCUT2D eigenvalue weighted by molar-refractivity contribution is 0.0322. The Morgan fingerprint density at radius 3 is 2.78 bits per heavy atom. The highest BCUT2D eigenvalue weighted by Crippen LogP contribution is 2.23. The van der Waals surface area contributed by atoms with Gasteiger partial charge in [-0.3, -0.25) is 4.90 Å². The van der Waals surface area contributed by atoms with Gasteiger partial charge in [0.25, 0.3) is 0 Å². The van der Waals surface area contributed by atoms with E-state index in [0.29, 0.717) is 25.9 Å². The molecule has 5 heteroatoms. The minimum absolute atomic E-state index is 0.382. The third-order valence-electron chi connectivity index (χ3n) is 3.61. The predicted octanol–water partition coefficient (Wildman–Crippen LogP) is 2.01. The van der Waals surface area contributed by atoms with E-state index in [-0.39, 0.29) is 0 Å². The zero-order valence-electron chi connectivity index (χ0n) is 10.9. The van der Waals surface area contributed by atoms with Crippen molar-refractivity contribution in [2.45, 2.75) is 32.1 Å². The summed E-state index contributed by atoms with van der Waals surface area (Å²) in [4.78, 5) is 13.5. The SMILES string of the molecule is O=C(OCCN1CCOC1)OCC1CCCCC1. The molecule has 0 aromatic rings. The molecule has 1 saturated carbocycles. The molecule has 0 spiro atoms. The van der Waals surface area contributed by atoms with E-state index < -0.39 is 6.16 Å². The minimum Gasteiger partial charge on any atom is -0.434 e. The van der Waals surface area contributed by atoms with Crippen LogP contribution in [-0.2, 0) is 14.2 Å². The molecule has 0 bridgehead atoms. The first-order valence-electron chi connectivity index (χ1n) is 6.94. The lowest BCUT2D eigenvalue weighted by Crippen LogP contribution is -2.26. The summed E-state index contributed by atoms with van der Waals surface area (Å²) >= 11 is 0. The fourth-order valence-corrected chi connectivity index (χ4v) is 2.47. The summed E-state index contributed by atoms with van der Waals surface area (Å²) in [5.41, 5.74) is 0. The predicted molar refractivity (Wildman–Crippen MR) is 66.3 cm³/mol. The van der Waals surface area contributed by atoms with Gasteiger partial charge in [-0.15, -0.1) is 0 Å². The molecule has 5 nitrogen and oxygen atoms in total. The summed E-state index contributed by atoms with van der Waals surface area (Å²) in [5, 5.41) is 0. The Kier molecular flexibility index (Phi) is 5.74. The van der Waals surface area contributed by atoms with Crippen LogP contribution in [0.5, 0.6) is 0 Å². The smallest absolute Gasteiger partial charge is 0.434 e. The Hall–Kier alpha value is -0.810. The summed E-state index contributed by atoms with van der Waals surface area (Å²) in [6.07, 6.45) is 5.67. The van der Waals surface area contributed by atoms with Crippen LogP contribution in [0.3, 0.4) is 0 Å². The second-order valence-electron chi connectivity index (χ2n) is 5.07. The highest BCUT2D eigenvalue weighted by Gasteiger charge is 2.16. The van der Waals surface area contributed by atoms with Gasteiger partial charge in [0, 0.05) is 13.1 Å². The molecule has 1 heterocycles. The van der Waals surface area contributed by atoms with Crippen LogP contribution in [0.15, 0.2) is 0 Å². The van der Waals surface area contributed by atoms with E-state index in [4.69, 9.17) is 14.2 Å². The van der Waals surface area contributed by atoms with Crippen LogP contribution in [0.25, 0.3) is 0 Å². The van der Waals surface area contributed by atoms with Crippen LogP contribution in [0.4, 0.5) is 4.79 Å². The number of carbonyl (C=O) groups excluding carboxylic acids is 1. The molecule has 0 N–H and O–H groups in total. The topological polar surface area (TPSA) is 48.0 Å². The lowest BCUT2D eigenvalue weighted by atomic mass is 9.90. The average Bonchev–Trinajstić information content (AvgIpc) is 2.91. The molecule has 0 radical (unpaired) electrons. The molecule has 104 valence electrons. The van der Waals surface area contributed by atoms with Gasteiger partial charge in [0.1, 0.15) is 6.61 Å². The van der Waals surface area contributed by atoms with Crippen molar-refractivity contribution in [1.29, 1.82) is 0 Å². The van der Waals surface area contributed by atoms with Crippen LogP contribution < -0.4 is 0 Å². The van der Waals surface area contributed by atoms with Gasteiger partial charge in [0.05, 0.1) is 19.9 Å². The number of hydrogen-bond acceptors (Lipinski definition) is 5. The maximum atomic E-state index is 11.4. The molecule has 0 aromatic carbocycles. The van der Waals surface area contributed by atoms with E-state index in [1.54, 1.807) is 0 Å². The summed E-state index contributed by atoms with van der Waals surface area (Å²) in [7, 11) is 0. The van der Waals surface area contributed by atoms with Gasteiger partial charge >= 0.3 is 6.16 Å². The third-order valence-corrected chi connectivity index (χ3v) is 3.61. The van der Waals surface area contributed by atoms with Crippen LogP contribution in [-0.4, -0.2) is 50.7 Å². The van der Waals surface area contributed by atoms with E-state index in [1.807, 2.05) is 0 Å². The number of ether oxygens (including phenoxy) is 3. The van der Waals surface area contributed by atoms with Crippen molar-refractivity contribution < 1.29 is 19.0 Å². The molecule has 1 aliphatic carbocycles. The monoisotopic (exact) mass is 257 g/mol. The molecule has 1 aliphatic heterocycles. The zero-order chi connectivity index (χ0) is 12.6. The lowest BCUT2D eigenvalue weighted by Gasteiger charge is -2.20. The Labute approximate surface area is 108 Å². The third kappa shape index (κ3) is 4.82. The number of carbonyl (C=O) groups is 1. The Morgan fingerprint density at radius 1 is 1.22 bits per heavy atom. The van der Waals surface area contributed by atoms with Gasteiger partial charge in [0.2, 0.25) is 0 Å². The van der Waals surface area contributed by atoms with Gasteiger partial charge in [-0.2, -0.15) is 0 Å². The summed E-state index contributed by atoms with van der Waals surface area (Å²) in [6, 6.07) is 0. The molecular formula is C13H23NO4. The molecular weight excluding hydrogens is 234 g/mol. The molecule has 0 amide bonds. The minimum atomic E-state index is -0.527. The van der Waals surface area contributed by atoms with Crippen molar-refractivity contribution in [2.24, 2.45) is 5.92 Å². The van der Waals surface area contributed by atoms with Crippen molar-refractivity contribution in [3.63, 3.8) is 0 Å². The average molecular weight is 257 g/mol. The summed E-state index contributed by atoms with van der Waals surface area (Å²) < 4.78 is 15.4. The number of rotatable bonds is 5. The van der Waals surface area contributed by atoms with E-state index in [0.717, 1.165) is 19.7 Å². The maximum Gasteiger partial charge on any atom is 0.508 e. The molecule has 2 rings (SSSR count). The highest BCUT2D eigenvalue weighted by atomic mass is 16.7. The Morgan fingerprint density at radius 2 is 2.06 bits per heavy atom. The summed E-state index contributed by atoms with van der Waals surface area (Å²) in [5.74, 6) is 0.540. The molecule has 2 aliphatic rings. The van der Waals surface area contributed by atoms with Gasteiger partial charge in [-0.25, -0.2) is 4.79 Å². The van der Waals surface area contributed by atoms with E-state index in [9.17, 15) is 4.79 Å². The van der Waals surface area contributed by atoms with E-state index in [1.165, 1.54) is 32.1 Å². The van der Waals surface area contributed by atoms with Gasteiger partial charge in [0.15, 0.2) is 0 Å². The standard InChI is InChI=1S/C13H23NO4/c15-13(17-9-7-14-6-8-16-11-14)18-10-12-4-2-1-3-5-12/h12H,1-11H2. The highest BCUT2D eigenvalue weighted by molar-refractivity contribution is 5.59. The van der Waals surface area contributed by atoms with Crippen LogP contribution in [0.1, 0.15) is 32.1 Å². The summed E-state index contributed by atoms with van der Waals surface area (Å²) in [6.45, 7) is 3.95. The van der Waals surface area contributed by atoms with Crippen molar-refractivity contribution in [3.05, 3.63) is 0 Å². The quantitative estimate of drug-likeness (QED) is 0.705. The molecule has 18 heavy (non-hydrogen) atoms. The fraction of sp³-hybridized carbons (Fsp3) is 0.923. The Bertz CT molecular complexity index is 247. The van der Waals surface area contributed by atoms with Gasteiger partial charge in [-0.05, 0) is 18.8 Å². The molecule has 2 fully saturated rings. The largest absolute Gasteiger partial charge is 0.508 e. The first kappa shape index (κ1) is 13.6.